The molecule has 0 amide bonds. The number of carbonyl (C=O) groups is 3. The molecule has 1 atom stereocenters. The number of esters is 3. The van der Waals surface area contributed by atoms with Gasteiger partial charge in [0.25, 0.3) is 0 Å². The van der Waals surface area contributed by atoms with Gasteiger partial charge in [-0.1, -0.05) is 266 Å². The maximum Gasteiger partial charge on any atom is 0.306 e. The Bertz CT molecular complexity index is 1440. The number of hydrogen-bond donors (Lipinski definition) is 0. The van der Waals surface area contributed by atoms with Crippen LogP contribution in [0.2, 0.25) is 0 Å². The Balaban J connectivity index is 4.19. The van der Waals surface area contributed by atoms with E-state index in [1.54, 1.807) is 0 Å². The summed E-state index contributed by atoms with van der Waals surface area (Å²) in [6, 6.07) is 0. The average Bonchev–Trinajstić information content (AvgIpc) is 3.39. The van der Waals surface area contributed by atoms with Crippen molar-refractivity contribution < 1.29 is 28.6 Å². The van der Waals surface area contributed by atoms with E-state index in [2.05, 4.69) is 118 Å². The first-order chi connectivity index (χ1) is 36.0. The number of ether oxygens (including phenoxy) is 3. The summed E-state index contributed by atoms with van der Waals surface area (Å²) in [5.74, 6) is -0.908. The smallest absolute Gasteiger partial charge is 0.306 e. The van der Waals surface area contributed by atoms with Gasteiger partial charge in [0, 0.05) is 19.3 Å². The van der Waals surface area contributed by atoms with Gasteiger partial charge in [-0.05, 0) is 103 Å². The summed E-state index contributed by atoms with van der Waals surface area (Å²) in [5.41, 5.74) is 0. The van der Waals surface area contributed by atoms with Crippen molar-refractivity contribution in [1.29, 1.82) is 0 Å². The van der Waals surface area contributed by atoms with Gasteiger partial charge in [-0.3, -0.25) is 14.4 Å². The van der Waals surface area contributed by atoms with Gasteiger partial charge in [0.1, 0.15) is 13.2 Å². The zero-order valence-electron chi connectivity index (χ0n) is 47.9. The topological polar surface area (TPSA) is 78.9 Å². The summed E-state index contributed by atoms with van der Waals surface area (Å²) in [5, 5.41) is 0. The highest BCUT2D eigenvalue weighted by atomic mass is 16.6. The molecule has 0 heterocycles. The predicted molar refractivity (Wildman–Crippen MR) is 316 cm³/mol. The van der Waals surface area contributed by atoms with Gasteiger partial charge in [0.15, 0.2) is 6.10 Å². The summed E-state index contributed by atoms with van der Waals surface area (Å²) in [6.45, 7) is 6.47. The lowest BCUT2D eigenvalue weighted by atomic mass is 10.0. The number of allylic oxidation sites excluding steroid dienone is 16. The van der Waals surface area contributed by atoms with Gasteiger partial charge in [-0.2, -0.15) is 0 Å². The van der Waals surface area contributed by atoms with E-state index in [1.165, 1.54) is 128 Å². The van der Waals surface area contributed by atoms with E-state index in [0.29, 0.717) is 19.3 Å². The van der Waals surface area contributed by atoms with Gasteiger partial charge in [0.05, 0.1) is 0 Å². The standard InChI is InChI=1S/C67H114O6/c1-4-7-10-13-16-18-20-22-24-26-28-30-31-32-33-34-35-37-38-40-42-44-46-48-51-54-57-60-66(69)72-63-64(62-71-65(68)59-56-53-50-15-12-9-6-3)73-67(70)61-58-55-52-49-47-45-43-41-39-36-29-27-25-23-21-19-17-14-11-8-5-2/h8,11,17,19-20,22-23,25-26,28-29,31-32,36,41,43,64H,4-7,9-10,12-16,18,21,24,27,30,33-35,37-40,42,44-63H2,1-3H3/b11-8-,19-17-,22-20-,25-23-,28-26-,32-31-,36-29-,43-41-. The average molecular weight is 1020 g/mol. The minimum atomic E-state index is -0.787. The van der Waals surface area contributed by atoms with Gasteiger partial charge >= 0.3 is 17.9 Å². The Morgan fingerprint density at radius 1 is 0.288 bits per heavy atom. The molecule has 0 aliphatic heterocycles. The fraction of sp³-hybridized carbons (Fsp3) is 0.716. The molecule has 0 fully saturated rings. The Morgan fingerprint density at radius 3 is 0.836 bits per heavy atom. The summed E-state index contributed by atoms with van der Waals surface area (Å²) in [4.78, 5) is 38.0. The molecule has 418 valence electrons. The maximum absolute atomic E-state index is 12.8. The molecular formula is C67H114O6. The molecule has 0 N–H and O–H groups in total. The van der Waals surface area contributed by atoms with Gasteiger partial charge in [-0.25, -0.2) is 0 Å². The lowest BCUT2D eigenvalue weighted by Crippen LogP contribution is -2.30. The van der Waals surface area contributed by atoms with Gasteiger partial charge < -0.3 is 14.2 Å². The quantitative estimate of drug-likeness (QED) is 0.0261. The minimum Gasteiger partial charge on any atom is -0.462 e. The van der Waals surface area contributed by atoms with Gasteiger partial charge in [0.2, 0.25) is 0 Å². The normalized spacial score (nSPS) is 12.8. The molecule has 0 aromatic carbocycles. The second-order valence-electron chi connectivity index (χ2n) is 20.2. The Kier molecular flexibility index (Phi) is 57.8. The molecule has 6 heteroatoms. The lowest BCUT2D eigenvalue weighted by Gasteiger charge is -2.18. The van der Waals surface area contributed by atoms with Crippen molar-refractivity contribution in [1.82, 2.24) is 0 Å². The first-order valence-electron chi connectivity index (χ1n) is 30.7. The molecule has 6 nitrogen and oxygen atoms in total. The van der Waals surface area contributed by atoms with Crippen LogP contribution in [-0.4, -0.2) is 37.2 Å². The van der Waals surface area contributed by atoms with Crippen molar-refractivity contribution in [2.45, 2.75) is 297 Å². The molecule has 0 saturated carbocycles. The fourth-order valence-corrected chi connectivity index (χ4v) is 8.48. The Labute approximate surface area is 451 Å². The molecule has 73 heavy (non-hydrogen) atoms. The first kappa shape index (κ1) is 69.3. The lowest BCUT2D eigenvalue weighted by molar-refractivity contribution is -0.167. The van der Waals surface area contributed by atoms with Crippen LogP contribution < -0.4 is 0 Å². The highest BCUT2D eigenvalue weighted by Gasteiger charge is 2.19. The monoisotopic (exact) mass is 1010 g/mol. The maximum atomic E-state index is 12.8. The van der Waals surface area contributed by atoms with Crippen LogP contribution in [0.3, 0.4) is 0 Å². The van der Waals surface area contributed by atoms with Crippen molar-refractivity contribution >= 4 is 17.9 Å². The minimum absolute atomic E-state index is 0.0853. The third-order valence-electron chi connectivity index (χ3n) is 13.1. The summed E-state index contributed by atoms with van der Waals surface area (Å²) >= 11 is 0. The molecule has 0 aliphatic rings. The highest BCUT2D eigenvalue weighted by Crippen LogP contribution is 2.15. The van der Waals surface area contributed by atoms with Crippen LogP contribution in [0.25, 0.3) is 0 Å². The van der Waals surface area contributed by atoms with E-state index in [-0.39, 0.29) is 31.1 Å². The molecular weight excluding hydrogens is 901 g/mol. The molecule has 0 aromatic heterocycles. The molecule has 0 radical (unpaired) electrons. The van der Waals surface area contributed by atoms with Crippen LogP contribution in [0.4, 0.5) is 0 Å². The first-order valence-corrected chi connectivity index (χ1v) is 30.7. The Hall–Kier alpha value is -3.67. The van der Waals surface area contributed by atoms with Crippen molar-refractivity contribution in [2.75, 3.05) is 13.2 Å². The SMILES string of the molecule is CC/C=C\C/C=C\C/C=C\C/C=C\C/C=C\CCCCCCCC(=O)OC(COC(=O)CCCCCCCCC)COC(=O)CCCCCCCCCCCCCC/C=C\C/C=C\C/C=C\CCCCCCC. The largest absolute Gasteiger partial charge is 0.462 e. The van der Waals surface area contributed by atoms with Crippen LogP contribution >= 0.6 is 0 Å². The number of rotatable bonds is 55. The molecule has 0 spiro atoms. The van der Waals surface area contributed by atoms with Crippen LogP contribution in [0.5, 0.6) is 0 Å². The van der Waals surface area contributed by atoms with Crippen molar-refractivity contribution in [3.63, 3.8) is 0 Å². The fourth-order valence-electron chi connectivity index (χ4n) is 8.48. The van der Waals surface area contributed by atoms with Crippen LogP contribution in [0.15, 0.2) is 97.2 Å². The van der Waals surface area contributed by atoms with Crippen LogP contribution in [-0.2, 0) is 28.6 Å². The zero-order valence-corrected chi connectivity index (χ0v) is 47.9. The van der Waals surface area contributed by atoms with Crippen LogP contribution in [0, 0.1) is 0 Å². The third kappa shape index (κ3) is 59.1. The number of hydrogen-bond acceptors (Lipinski definition) is 6. The van der Waals surface area contributed by atoms with E-state index in [4.69, 9.17) is 14.2 Å². The van der Waals surface area contributed by atoms with Crippen molar-refractivity contribution in [3.05, 3.63) is 97.2 Å². The highest BCUT2D eigenvalue weighted by molar-refractivity contribution is 5.71. The van der Waals surface area contributed by atoms with Crippen LogP contribution in [0.1, 0.15) is 290 Å². The Morgan fingerprint density at radius 2 is 0.534 bits per heavy atom. The summed E-state index contributed by atoms with van der Waals surface area (Å²) in [6.07, 6.45) is 81.4. The summed E-state index contributed by atoms with van der Waals surface area (Å²) in [7, 11) is 0. The number of unbranched alkanes of at least 4 members (excludes halogenated alkanes) is 28. The van der Waals surface area contributed by atoms with Crippen molar-refractivity contribution in [3.8, 4) is 0 Å². The van der Waals surface area contributed by atoms with E-state index >= 15 is 0 Å². The third-order valence-corrected chi connectivity index (χ3v) is 13.1. The molecule has 1 unspecified atom stereocenters. The van der Waals surface area contributed by atoms with E-state index < -0.39 is 6.10 Å². The van der Waals surface area contributed by atoms with E-state index in [9.17, 15) is 14.4 Å². The van der Waals surface area contributed by atoms with E-state index in [1.807, 2.05) is 0 Å². The van der Waals surface area contributed by atoms with Crippen molar-refractivity contribution in [2.24, 2.45) is 0 Å². The summed E-state index contributed by atoms with van der Waals surface area (Å²) < 4.78 is 16.8. The molecule has 0 saturated heterocycles. The predicted octanol–water partition coefficient (Wildman–Crippen LogP) is 20.9. The van der Waals surface area contributed by atoms with Gasteiger partial charge in [-0.15, -0.1) is 0 Å². The second-order valence-corrected chi connectivity index (χ2v) is 20.2. The molecule has 0 rings (SSSR count). The molecule has 0 aromatic rings. The number of carbonyl (C=O) groups excluding carboxylic acids is 3. The van der Waals surface area contributed by atoms with E-state index in [0.717, 1.165) is 122 Å². The molecule has 0 aliphatic carbocycles. The second kappa shape index (κ2) is 60.9. The molecule has 0 bridgehead atoms. The zero-order chi connectivity index (χ0) is 52.9.